The molecule has 1 atom stereocenters. The van der Waals surface area contributed by atoms with Crippen LogP contribution in [0.15, 0.2) is 24.3 Å². The molecule has 1 saturated heterocycles. The van der Waals surface area contributed by atoms with Crippen LogP contribution in [0.1, 0.15) is 54.4 Å². The molecule has 1 saturated carbocycles. The third kappa shape index (κ3) is 4.02. The van der Waals surface area contributed by atoms with Gasteiger partial charge in [0.05, 0.1) is 5.56 Å². The van der Waals surface area contributed by atoms with Crippen molar-refractivity contribution in [1.82, 2.24) is 4.90 Å². The van der Waals surface area contributed by atoms with Gasteiger partial charge in [-0.2, -0.15) is 0 Å². The number of esters is 1. The Morgan fingerprint density at radius 3 is 2.59 bits per heavy atom. The first-order chi connectivity index (χ1) is 10.2. The Kier molecular flexibility index (Phi) is 6.27. The van der Waals surface area contributed by atoms with Gasteiger partial charge in [0.1, 0.15) is 6.10 Å². The summed E-state index contributed by atoms with van der Waals surface area (Å²) in [5, 5.41) is 0. The van der Waals surface area contributed by atoms with E-state index in [4.69, 9.17) is 4.74 Å². The summed E-state index contributed by atoms with van der Waals surface area (Å²) in [4.78, 5) is 14.8. The van der Waals surface area contributed by atoms with Gasteiger partial charge in [-0.1, -0.05) is 37.5 Å². The molecule has 1 aliphatic heterocycles. The maximum Gasteiger partial charge on any atom is 0.338 e. The van der Waals surface area contributed by atoms with Crippen LogP contribution < -0.4 is 0 Å². The summed E-state index contributed by atoms with van der Waals surface area (Å²) in [5.41, 5.74) is 1.69. The largest absolute Gasteiger partial charge is 0.457 e. The van der Waals surface area contributed by atoms with Gasteiger partial charge >= 0.3 is 5.97 Å². The van der Waals surface area contributed by atoms with E-state index in [-0.39, 0.29) is 24.5 Å². The number of hydrogen-bond donors (Lipinski definition) is 0. The molecule has 22 heavy (non-hydrogen) atoms. The second-order valence-electron chi connectivity index (χ2n) is 6.42. The number of halogens is 1. The van der Waals surface area contributed by atoms with E-state index in [0.717, 1.165) is 31.1 Å². The molecular weight excluding hydrogens is 298 g/mol. The van der Waals surface area contributed by atoms with E-state index in [1.807, 2.05) is 31.2 Å². The van der Waals surface area contributed by atoms with Crippen LogP contribution >= 0.6 is 12.4 Å². The molecule has 3 rings (SSSR count). The predicted molar refractivity (Wildman–Crippen MR) is 90.7 cm³/mol. The molecular formula is C18H26ClNO2. The summed E-state index contributed by atoms with van der Waals surface area (Å²) in [6, 6.07) is 8.38. The summed E-state index contributed by atoms with van der Waals surface area (Å²) in [6.45, 7) is 3.96. The maximum absolute atomic E-state index is 12.3. The number of ether oxygens (including phenoxy) is 1. The Bertz CT molecular complexity index is 500. The van der Waals surface area contributed by atoms with Crippen molar-refractivity contribution in [3.05, 3.63) is 35.4 Å². The lowest BCUT2D eigenvalue weighted by molar-refractivity contribution is 0.0304. The van der Waals surface area contributed by atoms with Gasteiger partial charge in [-0.15, -0.1) is 12.4 Å². The van der Waals surface area contributed by atoms with Crippen LogP contribution in [0, 0.1) is 6.92 Å². The molecule has 122 valence electrons. The normalized spacial score (nSPS) is 23.0. The van der Waals surface area contributed by atoms with Gasteiger partial charge < -0.3 is 4.74 Å². The van der Waals surface area contributed by atoms with Crippen molar-refractivity contribution in [2.24, 2.45) is 0 Å². The predicted octanol–water partition coefficient (Wildman–Crippen LogP) is 3.98. The topological polar surface area (TPSA) is 29.5 Å². The molecule has 4 heteroatoms. The highest BCUT2D eigenvalue weighted by atomic mass is 35.5. The Hall–Kier alpha value is -1.06. The third-order valence-corrected chi connectivity index (χ3v) is 4.91. The van der Waals surface area contributed by atoms with E-state index in [0.29, 0.717) is 5.56 Å². The number of nitrogens with zero attached hydrogens (tertiary/aromatic N) is 1. The van der Waals surface area contributed by atoms with Crippen molar-refractivity contribution in [1.29, 1.82) is 0 Å². The highest BCUT2D eigenvalue weighted by molar-refractivity contribution is 5.91. The van der Waals surface area contributed by atoms with Gasteiger partial charge in [-0.3, -0.25) is 4.90 Å². The van der Waals surface area contributed by atoms with E-state index in [9.17, 15) is 4.79 Å². The number of rotatable bonds is 3. The van der Waals surface area contributed by atoms with Crippen molar-refractivity contribution in [2.75, 3.05) is 13.1 Å². The van der Waals surface area contributed by atoms with Crippen LogP contribution in [0.2, 0.25) is 0 Å². The van der Waals surface area contributed by atoms with E-state index in [2.05, 4.69) is 4.90 Å². The second-order valence-corrected chi connectivity index (χ2v) is 6.42. The van der Waals surface area contributed by atoms with E-state index in [1.165, 1.54) is 32.1 Å². The average molecular weight is 324 g/mol. The number of hydrogen-bond acceptors (Lipinski definition) is 3. The minimum absolute atomic E-state index is 0. The fourth-order valence-electron chi connectivity index (χ4n) is 3.64. The monoisotopic (exact) mass is 323 g/mol. The van der Waals surface area contributed by atoms with Gasteiger partial charge in [0.15, 0.2) is 0 Å². The molecule has 3 nitrogen and oxygen atoms in total. The van der Waals surface area contributed by atoms with Crippen molar-refractivity contribution in [3.63, 3.8) is 0 Å². The molecule has 2 aliphatic rings. The lowest BCUT2D eigenvalue weighted by atomic mass is 9.94. The summed E-state index contributed by atoms with van der Waals surface area (Å²) < 4.78 is 5.72. The van der Waals surface area contributed by atoms with Crippen molar-refractivity contribution in [3.8, 4) is 0 Å². The van der Waals surface area contributed by atoms with Crippen LogP contribution in [0.25, 0.3) is 0 Å². The van der Waals surface area contributed by atoms with Gasteiger partial charge in [0.25, 0.3) is 0 Å². The maximum atomic E-state index is 12.3. The smallest absolute Gasteiger partial charge is 0.338 e. The lowest BCUT2D eigenvalue weighted by Gasteiger charge is -2.30. The summed E-state index contributed by atoms with van der Waals surface area (Å²) in [6.07, 6.45) is 7.78. The first-order valence-corrected chi connectivity index (χ1v) is 8.24. The Morgan fingerprint density at radius 2 is 1.86 bits per heavy atom. The number of carbonyl (C=O) groups excluding carboxylic acids is 1. The fourth-order valence-corrected chi connectivity index (χ4v) is 3.64. The SMILES string of the molecule is Cc1ccccc1C(=O)OC1CCN(C2CCCCC2)C1.Cl. The Morgan fingerprint density at radius 1 is 1.14 bits per heavy atom. The van der Waals surface area contributed by atoms with Crippen LogP contribution in [0.4, 0.5) is 0 Å². The van der Waals surface area contributed by atoms with Crippen LogP contribution in [0.5, 0.6) is 0 Å². The van der Waals surface area contributed by atoms with Crippen LogP contribution in [-0.2, 0) is 4.74 Å². The molecule has 0 N–H and O–H groups in total. The molecule has 1 aromatic rings. The van der Waals surface area contributed by atoms with Crippen LogP contribution in [-0.4, -0.2) is 36.1 Å². The first kappa shape index (κ1) is 17.3. The quantitative estimate of drug-likeness (QED) is 0.788. The average Bonchev–Trinajstić information content (AvgIpc) is 2.97. The number of benzene rings is 1. The summed E-state index contributed by atoms with van der Waals surface area (Å²) >= 11 is 0. The molecule has 0 bridgehead atoms. The third-order valence-electron chi connectivity index (χ3n) is 4.91. The number of carbonyl (C=O) groups is 1. The molecule has 2 fully saturated rings. The molecule has 0 amide bonds. The highest BCUT2D eigenvalue weighted by Crippen LogP contribution is 2.26. The van der Waals surface area contributed by atoms with E-state index >= 15 is 0 Å². The van der Waals surface area contributed by atoms with Crippen molar-refractivity contribution >= 4 is 18.4 Å². The fraction of sp³-hybridized carbons (Fsp3) is 0.611. The molecule has 1 aliphatic carbocycles. The molecule has 0 spiro atoms. The minimum Gasteiger partial charge on any atom is -0.457 e. The zero-order valence-corrected chi connectivity index (χ0v) is 14.1. The van der Waals surface area contributed by atoms with Crippen molar-refractivity contribution in [2.45, 2.75) is 57.6 Å². The molecule has 1 aromatic carbocycles. The summed E-state index contributed by atoms with van der Waals surface area (Å²) in [7, 11) is 0. The standard InChI is InChI=1S/C18H25NO2.ClH/c1-14-7-5-6-10-17(14)18(20)21-16-11-12-19(13-16)15-8-3-2-4-9-15;/h5-7,10,15-16H,2-4,8-9,11-13H2,1H3;1H. The van der Waals surface area contributed by atoms with Gasteiger partial charge in [-0.05, 0) is 37.8 Å². The lowest BCUT2D eigenvalue weighted by Crippen LogP contribution is -2.36. The molecule has 0 radical (unpaired) electrons. The second kappa shape index (κ2) is 7.98. The van der Waals surface area contributed by atoms with Gasteiger partial charge in [-0.25, -0.2) is 4.79 Å². The number of likely N-dealkylation sites (tertiary alicyclic amines) is 1. The van der Waals surface area contributed by atoms with E-state index in [1.54, 1.807) is 0 Å². The van der Waals surface area contributed by atoms with Crippen LogP contribution in [0.3, 0.4) is 0 Å². The molecule has 1 unspecified atom stereocenters. The zero-order valence-electron chi connectivity index (χ0n) is 13.3. The minimum atomic E-state index is -0.163. The summed E-state index contributed by atoms with van der Waals surface area (Å²) in [5.74, 6) is -0.163. The first-order valence-electron chi connectivity index (χ1n) is 8.24. The van der Waals surface area contributed by atoms with E-state index < -0.39 is 0 Å². The van der Waals surface area contributed by atoms with Gasteiger partial charge in [0, 0.05) is 19.1 Å². The Labute approximate surface area is 139 Å². The molecule has 0 aromatic heterocycles. The number of aryl methyl sites for hydroxylation is 1. The Balaban J connectivity index is 0.00000176. The highest BCUT2D eigenvalue weighted by Gasteiger charge is 2.31. The molecule has 1 heterocycles. The van der Waals surface area contributed by atoms with Gasteiger partial charge in [0.2, 0.25) is 0 Å². The zero-order chi connectivity index (χ0) is 14.7. The van der Waals surface area contributed by atoms with Crippen molar-refractivity contribution < 1.29 is 9.53 Å².